The lowest BCUT2D eigenvalue weighted by atomic mass is 9.89. The second-order valence-electron chi connectivity index (χ2n) is 5.67. The summed E-state index contributed by atoms with van der Waals surface area (Å²) < 4.78 is 0. The van der Waals surface area contributed by atoms with E-state index in [1.165, 1.54) is 51.4 Å². The Morgan fingerprint density at radius 2 is 1.50 bits per heavy atom. The van der Waals surface area contributed by atoms with Crippen LogP contribution in [-0.4, -0.2) is 36.6 Å². The molecule has 94 valence electrons. The Morgan fingerprint density at radius 1 is 0.938 bits per heavy atom. The number of rotatable bonds is 4. The number of hydrogen-bond acceptors (Lipinski definition) is 2. The molecule has 0 aromatic rings. The summed E-state index contributed by atoms with van der Waals surface area (Å²) in [5.74, 6) is 0. The quantitative estimate of drug-likeness (QED) is 0.790. The third kappa shape index (κ3) is 2.98. The van der Waals surface area contributed by atoms with Gasteiger partial charge in [-0.15, -0.1) is 0 Å². The molecule has 16 heavy (non-hydrogen) atoms. The van der Waals surface area contributed by atoms with Crippen molar-refractivity contribution < 1.29 is 0 Å². The molecule has 2 aliphatic rings. The van der Waals surface area contributed by atoms with E-state index in [1.54, 1.807) is 0 Å². The third-order valence-corrected chi connectivity index (χ3v) is 4.67. The summed E-state index contributed by atoms with van der Waals surface area (Å²) in [5.41, 5.74) is 0. The van der Waals surface area contributed by atoms with E-state index >= 15 is 0 Å². The summed E-state index contributed by atoms with van der Waals surface area (Å²) in [6.45, 7) is 3.35. The van der Waals surface area contributed by atoms with Gasteiger partial charge in [0, 0.05) is 18.1 Å². The topological polar surface area (TPSA) is 15.3 Å². The Hall–Kier alpha value is -0.0800. The fraction of sp³-hybridized carbons (Fsp3) is 1.00. The Bertz CT molecular complexity index is 191. The van der Waals surface area contributed by atoms with Gasteiger partial charge in [-0.3, -0.25) is 0 Å². The van der Waals surface area contributed by atoms with Gasteiger partial charge in [-0.25, -0.2) is 0 Å². The van der Waals surface area contributed by atoms with Gasteiger partial charge in [0.15, 0.2) is 0 Å². The van der Waals surface area contributed by atoms with Crippen LogP contribution in [0.25, 0.3) is 0 Å². The molecule has 2 fully saturated rings. The van der Waals surface area contributed by atoms with Crippen molar-refractivity contribution in [3.05, 3.63) is 0 Å². The summed E-state index contributed by atoms with van der Waals surface area (Å²) in [5, 5.41) is 3.59. The maximum Gasteiger partial charge on any atom is 0.00963 e. The Balaban J connectivity index is 1.74. The molecule has 0 aromatic carbocycles. The van der Waals surface area contributed by atoms with E-state index in [2.05, 4.69) is 24.2 Å². The van der Waals surface area contributed by atoms with E-state index in [1.807, 2.05) is 0 Å². The summed E-state index contributed by atoms with van der Waals surface area (Å²) in [4.78, 5) is 2.70. The van der Waals surface area contributed by atoms with Crippen molar-refractivity contribution in [1.82, 2.24) is 10.2 Å². The molecule has 0 saturated heterocycles. The van der Waals surface area contributed by atoms with Crippen molar-refractivity contribution in [1.29, 1.82) is 0 Å². The highest BCUT2D eigenvalue weighted by Crippen LogP contribution is 2.29. The van der Waals surface area contributed by atoms with Crippen molar-refractivity contribution in [3.63, 3.8) is 0 Å². The van der Waals surface area contributed by atoms with Crippen molar-refractivity contribution >= 4 is 0 Å². The van der Waals surface area contributed by atoms with Crippen LogP contribution in [0.15, 0.2) is 0 Å². The standard InChI is InChI=1S/C14H28N2/c1-3-15-12-8-10-14(11-9-12)16(2)13-6-4-5-7-13/h12-15H,3-11H2,1-2H3. The van der Waals surface area contributed by atoms with E-state index in [4.69, 9.17) is 0 Å². The number of nitrogens with zero attached hydrogens (tertiary/aromatic N) is 1. The van der Waals surface area contributed by atoms with Gasteiger partial charge in [0.2, 0.25) is 0 Å². The molecular formula is C14H28N2. The first-order valence-electron chi connectivity index (χ1n) is 7.26. The fourth-order valence-electron chi connectivity index (χ4n) is 3.59. The predicted molar refractivity (Wildman–Crippen MR) is 69.7 cm³/mol. The van der Waals surface area contributed by atoms with Crippen molar-refractivity contribution in [2.45, 2.75) is 76.4 Å². The first kappa shape index (κ1) is 12.4. The largest absolute Gasteiger partial charge is 0.314 e. The maximum atomic E-state index is 3.59. The fourth-order valence-corrected chi connectivity index (χ4v) is 3.59. The van der Waals surface area contributed by atoms with E-state index in [9.17, 15) is 0 Å². The molecular weight excluding hydrogens is 196 g/mol. The summed E-state index contributed by atoms with van der Waals surface area (Å²) >= 11 is 0. The van der Waals surface area contributed by atoms with Crippen LogP contribution in [0.5, 0.6) is 0 Å². The lowest BCUT2D eigenvalue weighted by Crippen LogP contribution is -2.44. The molecule has 2 aliphatic carbocycles. The third-order valence-electron chi connectivity index (χ3n) is 4.67. The van der Waals surface area contributed by atoms with Gasteiger partial charge in [-0.2, -0.15) is 0 Å². The van der Waals surface area contributed by atoms with Crippen LogP contribution in [0.4, 0.5) is 0 Å². The molecule has 0 spiro atoms. The van der Waals surface area contributed by atoms with Crippen LogP contribution in [0, 0.1) is 0 Å². The molecule has 0 unspecified atom stereocenters. The van der Waals surface area contributed by atoms with Crippen LogP contribution in [0.2, 0.25) is 0 Å². The van der Waals surface area contributed by atoms with Crippen molar-refractivity contribution in [2.24, 2.45) is 0 Å². The molecule has 2 nitrogen and oxygen atoms in total. The highest BCUT2D eigenvalue weighted by molar-refractivity contribution is 4.86. The molecule has 0 aliphatic heterocycles. The van der Waals surface area contributed by atoms with Crippen molar-refractivity contribution in [2.75, 3.05) is 13.6 Å². The first-order chi connectivity index (χ1) is 7.81. The van der Waals surface area contributed by atoms with Gasteiger partial charge in [0.25, 0.3) is 0 Å². The van der Waals surface area contributed by atoms with Crippen LogP contribution in [0.1, 0.15) is 58.3 Å². The zero-order valence-corrected chi connectivity index (χ0v) is 11.0. The molecule has 2 rings (SSSR count). The highest BCUT2D eigenvalue weighted by Gasteiger charge is 2.28. The molecule has 2 saturated carbocycles. The SMILES string of the molecule is CCNC1CCC(N(C)C2CCCC2)CC1. The zero-order chi connectivity index (χ0) is 11.4. The molecule has 0 bridgehead atoms. The normalized spacial score (nSPS) is 32.4. The highest BCUT2D eigenvalue weighted by atomic mass is 15.2. The Kier molecular flexibility index (Phi) is 4.66. The average Bonchev–Trinajstić information content (AvgIpc) is 2.83. The molecule has 1 N–H and O–H groups in total. The molecule has 0 heterocycles. The van der Waals surface area contributed by atoms with Crippen molar-refractivity contribution in [3.8, 4) is 0 Å². The van der Waals surface area contributed by atoms with Gasteiger partial charge in [0.1, 0.15) is 0 Å². The molecule has 0 atom stereocenters. The molecule has 0 radical (unpaired) electrons. The second kappa shape index (κ2) is 6.02. The maximum absolute atomic E-state index is 3.59. The Morgan fingerprint density at radius 3 is 2.06 bits per heavy atom. The summed E-state index contributed by atoms with van der Waals surface area (Å²) in [7, 11) is 2.37. The van der Waals surface area contributed by atoms with Gasteiger partial charge in [0.05, 0.1) is 0 Å². The van der Waals surface area contributed by atoms with Gasteiger partial charge >= 0.3 is 0 Å². The zero-order valence-electron chi connectivity index (χ0n) is 11.0. The number of hydrogen-bond donors (Lipinski definition) is 1. The lowest BCUT2D eigenvalue weighted by molar-refractivity contribution is 0.129. The minimum atomic E-state index is 0.804. The predicted octanol–water partition coefficient (Wildman–Crippen LogP) is 2.78. The average molecular weight is 224 g/mol. The summed E-state index contributed by atoms with van der Waals surface area (Å²) in [6.07, 6.45) is 11.4. The smallest absolute Gasteiger partial charge is 0.00963 e. The second-order valence-corrected chi connectivity index (χ2v) is 5.67. The molecule has 0 amide bonds. The van der Waals surface area contributed by atoms with Crippen LogP contribution < -0.4 is 5.32 Å². The monoisotopic (exact) mass is 224 g/mol. The lowest BCUT2D eigenvalue weighted by Gasteiger charge is -2.38. The van der Waals surface area contributed by atoms with Gasteiger partial charge < -0.3 is 10.2 Å². The minimum Gasteiger partial charge on any atom is -0.314 e. The van der Waals surface area contributed by atoms with E-state index < -0.39 is 0 Å². The molecule has 2 heteroatoms. The van der Waals surface area contributed by atoms with Crippen LogP contribution in [0.3, 0.4) is 0 Å². The molecule has 0 aromatic heterocycles. The van der Waals surface area contributed by atoms with Crippen LogP contribution >= 0.6 is 0 Å². The minimum absolute atomic E-state index is 0.804. The number of nitrogens with one attached hydrogen (secondary N) is 1. The first-order valence-corrected chi connectivity index (χ1v) is 7.26. The van der Waals surface area contributed by atoms with E-state index in [0.29, 0.717) is 0 Å². The van der Waals surface area contributed by atoms with Gasteiger partial charge in [-0.1, -0.05) is 19.8 Å². The van der Waals surface area contributed by atoms with Gasteiger partial charge in [-0.05, 0) is 52.1 Å². The van der Waals surface area contributed by atoms with Crippen LogP contribution in [-0.2, 0) is 0 Å². The van der Waals surface area contributed by atoms with E-state index in [0.717, 1.165) is 24.7 Å². The Labute approximate surface area is 101 Å². The summed E-state index contributed by atoms with van der Waals surface area (Å²) in [6, 6.07) is 2.58. The van der Waals surface area contributed by atoms with E-state index in [-0.39, 0.29) is 0 Å².